The van der Waals surface area contributed by atoms with E-state index in [1.165, 1.54) is 12.4 Å². The number of rotatable bonds is 1. The van der Waals surface area contributed by atoms with E-state index in [2.05, 4.69) is 32.6 Å². The Morgan fingerprint density at radius 1 is 1.35 bits per heavy atom. The van der Waals surface area contributed by atoms with E-state index in [1.54, 1.807) is 6.20 Å². The third kappa shape index (κ3) is 2.88. The van der Waals surface area contributed by atoms with E-state index in [1.807, 2.05) is 4.90 Å². The molecule has 7 heteroatoms. The van der Waals surface area contributed by atoms with Gasteiger partial charge in [-0.1, -0.05) is 6.08 Å². The van der Waals surface area contributed by atoms with E-state index in [4.69, 9.17) is 0 Å². The SMILES string of the molecule is FC(F)(F)C1=CCN(c2ncncc2I)CC1. The molecule has 0 N–H and O–H groups in total. The van der Waals surface area contributed by atoms with Crippen molar-refractivity contribution in [1.29, 1.82) is 0 Å². The van der Waals surface area contributed by atoms with Crippen molar-refractivity contribution in [2.45, 2.75) is 12.6 Å². The first-order valence-electron chi connectivity index (χ1n) is 4.95. The van der Waals surface area contributed by atoms with Gasteiger partial charge in [-0.3, -0.25) is 0 Å². The first-order valence-corrected chi connectivity index (χ1v) is 6.03. The maximum Gasteiger partial charge on any atom is 0.412 e. The van der Waals surface area contributed by atoms with Gasteiger partial charge in [0.05, 0.1) is 3.57 Å². The fourth-order valence-corrected chi connectivity index (χ4v) is 2.30. The molecule has 0 saturated heterocycles. The highest BCUT2D eigenvalue weighted by molar-refractivity contribution is 14.1. The summed E-state index contributed by atoms with van der Waals surface area (Å²) in [6.07, 6.45) is 0.0720. The first-order chi connectivity index (χ1) is 7.98. The van der Waals surface area contributed by atoms with E-state index in [0.717, 1.165) is 3.57 Å². The molecule has 0 aliphatic carbocycles. The lowest BCUT2D eigenvalue weighted by Gasteiger charge is -2.28. The largest absolute Gasteiger partial charge is 0.412 e. The number of halogens is 4. The van der Waals surface area contributed by atoms with Crippen molar-refractivity contribution in [3.8, 4) is 0 Å². The Bertz CT molecular complexity index is 445. The topological polar surface area (TPSA) is 29.0 Å². The standard InChI is InChI=1S/C10H9F3IN3/c11-10(12,13)7-1-3-17(4-2-7)9-8(14)5-15-6-16-9/h1,5-6H,2-4H2. The monoisotopic (exact) mass is 355 g/mol. The maximum absolute atomic E-state index is 12.4. The zero-order chi connectivity index (χ0) is 12.5. The Balaban J connectivity index is 2.15. The lowest BCUT2D eigenvalue weighted by atomic mass is 10.1. The molecular formula is C10H9F3IN3. The van der Waals surface area contributed by atoms with E-state index in [-0.39, 0.29) is 13.0 Å². The van der Waals surface area contributed by atoms with Gasteiger partial charge >= 0.3 is 6.18 Å². The van der Waals surface area contributed by atoms with Crippen LogP contribution in [0.2, 0.25) is 0 Å². The normalized spacial score (nSPS) is 16.9. The molecule has 3 nitrogen and oxygen atoms in total. The van der Waals surface area contributed by atoms with Crippen LogP contribution in [0.1, 0.15) is 6.42 Å². The Hall–Kier alpha value is -0.860. The molecule has 17 heavy (non-hydrogen) atoms. The van der Waals surface area contributed by atoms with Gasteiger partial charge in [0.2, 0.25) is 0 Å². The van der Waals surface area contributed by atoms with Crippen LogP contribution in [0.15, 0.2) is 24.2 Å². The highest BCUT2D eigenvalue weighted by atomic mass is 127. The molecule has 0 radical (unpaired) electrons. The van der Waals surface area contributed by atoms with Crippen LogP contribution >= 0.6 is 22.6 Å². The van der Waals surface area contributed by atoms with Crippen molar-refractivity contribution in [2.24, 2.45) is 0 Å². The van der Waals surface area contributed by atoms with E-state index in [0.29, 0.717) is 12.4 Å². The second-order valence-corrected chi connectivity index (χ2v) is 4.78. The van der Waals surface area contributed by atoms with Gasteiger partial charge in [-0.15, -0.1) is 0 Å². The van der Waals surface area contributed by atoms with Gasteiger partial charge in [-0.25, -0.2) is 9.97 Å². The van der Waals surface area contributed by atoms with Gasteiger partial charge in [0.25, 0.3) is 0 Å². The van der Waals surface area contributed by atoms with Gasteiger partial charge in [0.1, 0.15) is 12.1 Å². The molecule has 1 aliphatic heterocycles. The molecule has 1 aromatic rings. The van der Waals surface area contributed by atoms with Crippen LogP contribution in [-0.2, 0) is 0 Å². The minimum absolute atomic E-state index is 0.00355. The van der Waals surface area contributed by atoms with Crippen LogP contribution in [-0.4, -0.2) is 29.2 Å². The van der Waals surface area contributed by atoms with E-state index < -0.39 is 11.7 Å². The van der Waals surface area contributed by atoms with Gasteiger partial charge in [-0.2, -0.15) is 13.2 Å². The molecule has 0 fully saturated rings. The molecule has 0 saturated carbocycles. The quantitative estimate of drug-likeness (QED) is 0.573. The lowest BCUT2D eigenvalue weighted by Crippen LogP contribution is -2.33. The Kier molecular flexibility index (Phi) is 3.55. The number of anilines is 1. The molecule has 0 aromatic carbocycles. The molecule has 0 bridgehead atoms. The molecule has 0 unspecified atom stereocenters. The molecule has 0 atom stereocenters. The van der Waals surface area contributed by atoms with Gasteiger partial charge in [-0.05, 0) is 29.0 Å². The molecule has 2 rings (SSSR count). The highest BCUT2D eigenvalue weighted by Crippen LogP contribution is 2.31. The summed E-state index contributed by atoms with van der Waals surface area (Å²) in [7, 11) is 0. The van der Waals surface area contributed by atoms with Crippen LogP contribution in [0.3, 0.4) is 0 Å². The summed E-state index contributed by atoms with van der Waals surface area (Å²) < 4.78 is 38.2. The van der Waals surface area contributed by atoms with Crippen molar-refractivity contribution in [2.75, 3.05) is 18.0 Å². The van der Waals surface area contributed by atoms with Gasteiger partial charge in [0.15, 0.2) is 0 Å². The van der Waals surface area contributed by atoms with Crippen molar-refractivity contribution < 1.29 is 13.2 Å². The van der Waals surface area contributed by atoms with Crippen LogP contribution < -0.4 is 4.90 Å². The zero-order valence-corrected chi connectivity index (χ0v) is 10.9. The van der Waals surface area contributed by atoms with Crippen LogP contribution in [0, 0.1) is 3.57 Å². The second-order valence-electron chi connectivity index (χ2n) is 3.62. The average Bonchev–Trinajstić information content (AvgIpc) is 2.29. The summed E-state index contributed by atoms with van der Waals surface area (Å²) in [6, 6.07) is 0. The van der Waals surface area contributed by atoms with Crippen molar-refractivity contribution in [3.63, 3.8) is 0 Å². The summed E-state index contributed by atoms with van der Waals surface area (Å²) >= 11 is 2.07. The fraction of sp³-hybridized carbons (Fsp3) is 0.400. The van der Waals surface area contributed by atoms with Crippen LogP contribution in [0.4, 0.5) is 19.0 Å². The molecule has 0 spiro atoms. The minimum atomic E-state index is -4.20. The molecule has 0 amide bonds. The van der Waals surface area contributed by atoms with Crippen LogP contribution in [0.5, 0.6) is 0 Å². The molecule has 2 heterocycles. The van der Waals surface area contributed by atoms with Crippen molar-refractivity contribution in [3.05, 3.63) is 27.7 Å². The summed E-state index contributed by atoms with van der Waals surface area (Å²) in [5.74, 6) is 0.693. The predicted molar refractivity (Wildman–Crippen MR) is 65.7 cm³/mol. The number of hydrogen-bond donors (Lipinski definition) is 0. The summed E-state index contributed by atoms with van der Waals surface area (Å²) in [6.45, 7) is 0.570. The van der Waals surface area contributed by atoms with Crippen molar-refractivity contribution in [1.82, 2.24) is 9.97 Å². The van der Waals surface area contributed by atoms with Gasteiger partial charge in [0, 0.05) is 24.9 Å². The smallest absolute Gasteiger partial charge is 0.352 e. The second kappa shape index (κ2) is 4.79. The lowest BCUT2D eigenvalue weighted by molar-refractivity contribution is -0.0944. The van der Waals surface area contributed by atoms with E-state index in [9.17, 15) is 13.2 Å². The summed E-state index contributed by atoms with van der Waals surface area (Å²) in [5.41, 5.74) is -0.446. The molecule has 1 aromatic heterocycles. The number of aromatic nitrogens is 2. The Morgan fingerprint density at radius 3 is 2.65 bits per heavy atom. The van der Waals surface area contributed by atoms with Crippen molar-refractivity contribution >= 4 is 28.4 Å². The number of nitrogens with zero attached hydrogens (tertiary/aromatic N) is 3. The predicted octanol–water partition coefficient (Wildman–Crippen LogP) is 2.78. The third-order valence-electron chi connectivity index (χ3n) is 2.52. The number of hydrogen-bond acceptors (Lipinski definition) is 3. The Morgan fingerprint density at radius 2 is 2.12 bits per heavy atom. The maximum atomic E-state index is 12.4. The molecular weight excluding hydrogens is 346 g/mol. The molecule has 92 valence electrons. The summed E-state index contributed by atoms with van der Waals surface area (Å²) in [4.78, 5) is 9.76. The first kappa shape index (κ1) is 12.6. The zero-order valence-electron chi connectivity index (χ0n) is 8.71. The van der Waals surface area contributed by atoms with Crippen LogP contribution in [0.25, 0.3) is 0 Å². The fourth-order valence-electron chi connectivity index (χ4n) is 1.66. The number of alkyl halides is 3. The summed E-state index contributed by atoms with van der Waals surface area (Å²) in [5, 5.41) is 0. The van der Waals surface area contributed by atoms with E-state index >= 15 is 0 Å². The average molecular weight is 355 g/mol. The van der Waals surface area contributed by atoms with Gasteiger partial charge < -0.3 is 4.90 Å². The molecule has 1 aliphatic rings. The third-order valence-corrected chi connectivity index (χ3v) is 3.28. The minimum Gasteiger partial charge on any atom is -0.352 e. The highest BCUT2D eigenvalue weighted by Gasteiger charge is 2.35. The Labute approximate surface area is 110 Å².